The summed E-state index contributed by atoms with van der Waals surface area (Å²) in [5.74, 6) is 0.794. The van der Waals surface area contributed by atoms with Crippen LogP contribution in [-0.4, -0.2) is 18.1 Å². The molecule has 1 unspecified atom stereocenters. The second kappa shape index (κ2) is 4.11. The first-order valence-electron chi connectivity index (χ1n) is 5.79. The minimum atomic E-state index is 0.794. The lowest BCUT2D eigenvalue weighted by Gasteiger charge is -2.08. The van der Waals surface area contributed by atoms with Crippen LogP contribution in [0.4, 0.5) is 0 Å². The van der Waals surface area contributed by atoms with Gasteiger partial charge in [0.05, 0.1) is 5.02 Å². The van der Waals surface area contributed by atoms with Crippen molar-refractivity contribution in [1.29, 1.82) is 0 Å². The molecule has 1 atom stereocenters. The van der Waals surface area contributed by atoms with Crippen LogP contribution in [0.2, 0.25) is 5.02 Å². The van der Waals surface area contributed by atoms with E-state index in [9.17, 15) is 0 Å². The molecule has 0 saturated carbocycles. The monoisotopic (exact) mass is 234 g/mol. The minimum Gasteiger partial charge on any atom is -0.360 e. The van der Waals surface area contributed by atoms with Crippen molar-refractivity contribution in [2.24, 2.45) is 5.92 Å². The molecule has 1 saturated heterocycles. The summed E-state index contributed by atoms with van der Waals surface area (Å²) >= 11 is 6.05. The van der Waals surface area contributed by atoms with Crippen LogP contribution in [0.1, 0.15) is 12.0 Å². The summed E-state index contributed by atoms with van der Waals surface area (Å²) in [6, 6.07) is 6.53. The Hall–Kier alpha value is -0.990. The highest BCUT2D eigenvalue weighted by Gasteiger charge is 2.15. The zero-order valence-corrected chi connectivity index (χ0v) is 9.85. The number of fused-ring (bicyclic) bond motifs is 1. The first-order chi connectivity index (χ1) is 7.83. The summed E-state index contributed by atoms with van der Waals surface area (Å²) in [5.41, 5.74) is 2.55. The Bertz CT molecular complexity index is 498. The SMILES string of the molecule is Clc1c[nH]c2cc(CC3CCNC3)ccc12. The van der Waals surface area contributed by atoms with Gasteiger partial charge in [0.25, 0.3) is 0 Å². The van der Waals surface area contributed by atoms with Gasteiger partial charge in [-0.25, -0.2) is 0 Å². The smallest absolute Gasteiger partial charge is 0.0659 e. The van der Waals surface area contributed by atoms with Crippen LogP contribution in [0, 0.1) is 5.92 Å². The molecule has 84 valence electrons. The summed E-state index contributed by atoms with van der Waals surface area (Å²) in [7, 11) is 0. The van der Waals surface area contributed by atoms with Crippen LogP contribution in [0.25, 0.3) is 10.9 Å². The quantitative estimate of drug-likeness (QED) is 0.822. The molecule has 2 N–H and O–H groups in total. The third-order valence-corrected chi connectivity index (χ3v) is 3.70. The first-order valence-corrected chi connectivity index (χ1v) is 6.17. The molecule has 2 heterocycles. The van der Waals surface area contributed by atoms with E-state index >= 15 is 0 Å². The van der Waals surface area contributed by atoms with E-state index in [4.69, 9.17) is 11.6 Å². The van der Waals surface area contributed by atoms with Gasteiger partial charge in [-0.15, -0.1) is 0 Å². The summed E-state index contributed by atoms with van der Waals surface area (Å²) < 4.78 is 0. The van der Waals surface area contributed by atoms with Gasteiger partial charge in [-0.1, -0.05) is 23.7 Å². The fourth-order valence-corrected chi connectivity index (χ4v) is 2.71. The number of benzene rings is 1. The average Bonchev–Trinajstić information content (AvgIpc) is 2.90. The number of hydrogen-bond acceptors (Lipinski definition) is 1. The maximum Gasteiger partial charge on any atom is 0.0659 e. The first kappa shape index (κ1) is 10.2. The van der Waals surface area contributed by atoms with E-state index in [0.717, 1.165) is 28.4 Å². The highest BCUT2D eigenvalue weighted by atomic mass is 35.5. The van der Waals surface area contributed by atoms with E-state index in [2.05, 4.69) is 28.5 Å². The molecule has 2 aromatic rings. The van der Waals surface area contributed by atoms with Crippen molar-refractivity contribution in [3.63, 3.8) is 0 Å². The molecule has 2 nitrogen and oxygen atoms in total. The van der Waals surface area contributed by atoms with E-state index in [1.165, 1.54) is 24.9 Å². The van der Waals surface area contributed by atoms with Gasteiger partial charge in [0, 0.05) is 17.1 Å². The topological polar surface area (TPSA) is 27.8 Å². The van der Waals surface area contributed by atoms with Crippen molar-refractivity contribution >= 4 is 22.5 Å². The number of rotatable bonds is 2. The molecule has 1 aromatic heterocycles. The maximum atomic E-state index is 6.05. The lowest BCUT2D eigenvalue weighted by molar-refractivity contribution is 0.580. The Kier molecular flexibility index (Phi) is 2.62. The van der Waals surface area contributed by atoms with Crippen molar-refractivity contribution in [3.05, 3.63) is 35.0 Å². The molecule has 0 amide bonds. The van der Waals surface area contributed by atoms with E-state index < -0.39 is 0 Å². The van der Waals surface area contributed by atoms with Crippen molar-refractivity contribution in [2.75, 3.05) is 13.1 Å². The molecule has 3 heteroatoms. The van der Waals surface area contributed by atoms with Gasteiger partial charge in [0.15, 0.2) is 0 Å². The molecular weight excluding hydrogens is 220 g/mol. The van der Waals surface area contributed by atoms with Crippen LogP contribution >= 0.6 is 11.6 Å². The zero-order valence-electron chi connectivity index (χ0n) is 9.09. The largest absolute Gasteiger partial charge is 0.360 e. The van der Waals surface area contributed by atoms with E-state index in [1.807, 2.05) is 6.20 Å². The Morgan fingerprint density at radius 3 is 3.12 bits per heavy atom. The van der Waals surface area contributed by atoms with Crippen molar-refractivity contribution in [1.82, 2.24) is 10.3 Å². The van der Waals surface area contributed by atoms with E-state index in [-0.39, 0.29) is 0 Å². The zero-order chi connectivity index (χ0) is 11.0. The third-order valence-electron chi connectivity index (χ3n) is 3.38. The molecule has 1 aliphatic rings. The van der Waals surface area contributed by atoms with Gasteiger partial charge >= 0.3 is 0 Å². The Morgan fingerprint density at radius 2 is 2.31 bits per heavy atom. The standard InChI is InChI=1S/C13H15ClN2/c14-12-8-16-13-6-9(1-2-11(12)13)5-10-3-4-15-7-10/h1-2,6,8,10,15-16H,3-5,7H2. The molecule has 0 bridgehead atoms. The van der Waals surface area contributed by atoms with Crippen LogP contribution in [-0.2, 0) is 6.42 Å². The Morgan fingerprint density at radius 1 is 1.38 bits per heavy atom. The molecular formula is C13H15ClN2. The molecule has 0 aliphatic carbocycles. The number of aromatic nitrogens is 1. The number of hydrogen-bond donors (Lipinski definition) is 2. The van der Waals surface area contributed by atoms with Crippen LogP contribution in [0.3, 0.4) is 0 Å². The predicted molar refractivity (Wildman–Crippen MR) is 68.0 cm³/mol. The summed E-state index contributed by atoms with van der Waals surface area (Å²) in [4.78, 5) is 3.21. The van der Waals surface area contributed by atoms with Gasteiger partial charge in [0.1, 0.15) is 0 Å². The number of halogens is 1. The Labute approximate surface area is 100.0 Å². The average molecular weight is 235 g/mol. The van der Waals surface area contributed by atoms with Gasteiger partial charge < -0.3 is 10.3 Å². The van der Waals surface area contributed by atoms with E-state index in [1.54, 1.807) is 0 Å². The van der Waals surface area contributed by atoms with Crippen molar-refractivity contribution < 1.29 is 0 Å². The van der Waals surface area contributed by atoms with Crippen LogP contribution in [0.15, 0.2) is 24.4 Å². The maximum absolute atomic E-state index is 6.05. The minimum absolute atomic E-state index is 0.794. The molecule has 1 aliphatic heterocycles. The highest BCUT2D eigenvalue weighted by molar-refractivity contribution is 6.35. The van der Waals surface area contributed by atoms with E-state index in [0.29, 0.717) is 0 Å². The fraction of sp³-hybridized carbons (Fsp3) is 0.385. The molecule has 0 radical (unpaired) electrons. The fourth-order valence-electron chi connectivity index (χ4n) is 2.49. The van der Waals surface area contributed by atoms with Crippen molar-refractivity contribution in [3.8, 4) is 0 Å². The highest BCUT2D eigenvalue weighted by Crippen LogP contribution is 2.25. The normalized spacial score (nSPS) is 20.7. The number of aromatic amines is 1. The molecule has 0 spiro atoms. The molecule has 1 aromatic carbocycles. The molecule has 1 fully saturated rings. The van der Waals surface area contributed by atoms with Gasteiger partial charge in [-0.2, -0.15) is 0 Å². The molecule has 3 rings (SSSR count). The predicted octanol–water partition coefficient (Wildman–Crippen LogP) is 2.97. The number of nitrogens with one attached hydrogen (secondary N) is 2. The Balaban J connectivity index is 1.87. The van der Waals surface area contributed by atoms with Crippen LogP contribution in [0.5, 0.6) is 0 Å². The summed E-state index contributed by atoms with van der Waals surface area (Å²) in [5, 5.41) is 5.33. The second-order valence-electron chi connectivity index (χ2n) is 4.58. The number of H-pyrrole nitrogens is 1. The molecule has 16 heavy (non-hydrogen) atoms. The third kappa shape index (κ3) is 1.83. The summed E-state index contributed by atoms with van der Waals surface area (Å²) in [6.07, 6.45) is 4.32. The van der Waals surface area contributed by atoms with Crippen LogP contribution < -0.4 is 5.32 Å². The van der Waals surface area contributed by atoms with Gasteiger partial charge in [-0.3, -0.25) is 0 Å². The second-order valence-corrected chi connectivity index (χ2v) is 4.99. The summed E-state index contributed by atoms with van der Waals surface area (Å²) in [6.45, 7) is 2.32. The lowest BCUT2D eigenvalue weighted by Crippen LogP contribution is -2.10. The lowest BCUT2D eigenvalue weighted by atomic mass is 9.98. The van der Waals surface area contributed by atoms with Gasteiger partial charge in [-0.05, 0) is 43.5 Å². The van der Waals surface area contributed by atoms with Gasteiger partial charge in [0.2, 0.25) is 0 Å². The van der Waals surface area contributed by atoms with Crippen molar-refractivity contribution in [2.45, 2.75) is 12.8 Å².